The summed E-state index contributed by atoms with van der Waals surface area (Å²) in [6.45, 7) is -0.100. The van der Waals surface area contributed by atoms with Gasteiger partial charge < -0.3 is 10.6 Å². The van der Waals surface area contributed by atoms with E-state index in [-0.39, 0.29) is 13.2 Å². The van der Waals surface area contributed by atoms with Gasteiger partial charge in [-0.2, -0.15) is 0 Å². The summed E-state index contributed by atoms with van der Waals surface area (Å²) in [7, 11) is 0. The van der Waals surface area contributed by atoms with E-state index in [9.17, 15) is 4.39 Å². The van der Waals surface area contributed by atoms with Crippen molar-refractivity contribution >= 4 is 5.96 Å². The molecular weight excluding hydrogens is 169 g/mol. The number of guanidine groups is 1. The Morgan fingerprint density at radius 1 is 1.23 bits per heavy atom. The fraction of sp³-hybridized carbons (Fsp3) is 0.889. The van der Waals surface area contributed by atoms with Crippen LogP contribution in [0.1, 0.15) is 25.7 Å². The molecule has 2 fully saturated rings. The van der Waals surface area contributed by atoms with Crippen LogP contribution in [-0.2, 0) is 0 Å². The zero-order valence-electron chi connectivity index (χ0n) is 7.72. The lowest BCUT2D eigenvalue weighted by Gasteiger charge is -2.23. The Balaban J connectivity index is 1.91. The number of nitrogens with zero attached hydrogens (tertiary/aromatic N) is 1. The summed E-state index contributed by atoms with van der Waals surface area (Å²) in [4.78, 5) is 4.09. The lowest BCUT2D eigenvalue weighted by Crippen LogP contribution is -2.36. The van der Waals surface area contributed by atoms with Crippen LogP contribution >= 0.6 is 0 Å². The molecule has 2 atom stereocenters. The van der Waals surface area contributed by atoms with Gasteiger partial charge in [0.2, 0.25) is 0 Å². The van der Waals surface area contributed by atoms with E-state index in [0.29, 0.717) is 12.1 Å². The van der Waals surface area contributed by atoms with Gasteiger partial charge in [0.1, 0.15) is 6.67 Å². The monoisotopic (exact) mass is 185 g/mol. The molecule has 1 aliphatic carbocycles. The van der Waals surface area contributed by atoms with E-state index in [1.807, 2.05) is 0 Å². The highest BCUT2D eigenvalue weighted by molar-refractivity contribution is 5.82. The summed E-state index contributed by atoms with van der Waals surface area (Å²) in [6.07, 6.45) is 5.02. The molecule has 3 nitrogen and oxygen atoms in total. The van der Waals surface area contributed by atoms with Crippen molar-refractivity contribution in [1.82, 2.24) is 10.6 Å². The van der Waals surface area contributed by atoms with Gasteiger partial charge in [-0.3, -0.25) is 4.99 Å². The van der Waals surface area contributed by atoms with Gasteiger partial charge in [0.05, 0.1) is 6.54 Å². The molecule has 0 spiro atoms. The quantitative estimate of drug-likeness (QED) is 0.668. The van der Waals surface area contributed by atoms with Crippen LogP contribution in [0.2, 0.25) is 0 Å². The predicted molar refractivity (Wildman–Crippen MR) is 50.6 cm³/mol. The molecule has 0 bridgehead atoms. The number of hydrogen-bond acceptors (Lipinski definition) is 1. The minimum atomic E-state index is -0.373. The Labute approximate surface area is 77.8 Å². The summed E-state index contributed by atoms with van der Waals surface area (Å²) >= 11 is 0. The summed E-state index contributed by atoms with van der Waals surface area (Å²) in [5.74, 6) is 0.801. The molecule has 0 amide bonds. The Bertz CT molecular complexity index is 189. The summed E-state index contributed by atoms with van der Waals surface area (Å²) in [5, 5.41) is 6.60. The van der Waals surface area contributed by atoms with Gasteiger partial charge in [-0.1, -0.05) is 12.8 Å². The maximum absolute atomic E-state index is 11.9. The Morgan fingerprint density at radius 2 is 1.85 bits per heavy atom. The van der Waals surface area contributed by atoms with Crippen LogP contribution in [0.4, 0.5) is 4.39 Å². The van der Waals surface area contributed by atoms with Gasteiger partial charge in [0, 0.05) is 12.1 Å². The summed E-state index contributed by atoms with van der Waals surface area (Å²) < 4.78 is 11.9. The third-order valence-electron chi connectivity index (χ3n) is 2.76. The Kier molecular flexibility index (Phi) is 2.66. The second-order valence-electron chi connectivity index (χ2n) is 3.71. The van der Waals surface area contributed by atoms with Crippen LogP contribution in [0.3, 0.4) is 0 Å². The molecule has 1 aliphatic heterocycles. The molecule has 1 heterocycles. The molecule has 2 aliphatic rings. The summed E-state index contributed by atoms with van der Waals surface area (Å²) in [6, 6.07) is 1.07. The van der Waals surface area contributed by atoms with Gasteiger partial charge in [-0.05, 0) is 12.8 Å². The number of fused-ring (bicyclic) bond motifs is 1. The number of aliphatic imine (C=N–C) groups is 1. The second-order valence-corrected chi connectivity index (χ2v) is 3.71. The van der Waals surface area contributed by atoms with Crippen LogP contribution in [0, 0.1) is 0 Å². The van der Waals surface area contributed by atoms with Crippen molar-refractivity contribution in [3.05, 3.63) is 0 Å². The molecule has 2 N–H and O–H groups in total. The van der Waals surface area contributed by atoms with Gasteiger partial charge in [-0.25, -0.2) is 4.39 Å². The van der Waals surface area contributed by atoms with E-state index < -0.39 is 0 Å². The van der Waals surface area contributed by atoms with Gasteiger partial charge in [0.15, 0.2) is 5.96 Å². The first-order valence-corrected chi connectivity index (χ1v) is 5.03. The highest BCUT2D eigenvalue weighted by atomic mass is 19.1. The average molecular weight is 185 g/mol. The number of rotatable bonds is 2. The second kappa shape index (κ2) is 3.94. The smallest absolute Gasteiger partial charge is 0.191 e. The minimum absolute atomic E-state index is 0.273. The highest BCUT2D eigenvalue weighted by Crippen LogP contribution is 2.21. The zero-order chi connectivity index (χ0) is 9.10. The number of alkyl halides is 1. The molecule has 1 saturated carbocycles. The first-order valence-electron chi connectivity index (χ1n) is 5.03. The summed E-state index contributed by atoms with van der Waals surface area (Å²) in [5.41, 5.74) is 0. The van der Waals surface area contributed by atoms with Crippen molar-refractivity contribution < 1.29 is 4.39 Å². The number of halogens is 1. The largest absolute Gasteiger partial charge is 0.352 e. The zero-order valence-corrected chi connectivity index (χ0v) is 7.72. The molecule has 0 radical (unpaired) electrons. The molecular formula is C9H16FN3. The molecule has 1 saturated heterocycles. The van der Waals surface area contributed by atoms with Crippen molar-refractivity contribution in [1.29, 1.82) is 0 Å². The predicted octanol–water partition coefficient (Wildman–Crippen LogP) is 0.816. The maximum Gasteiger partial charge on any atom is 0.191 e. The fourth-order valence-electron chi connectivity index (χ4n) is 2.11. The lowest BCUT2D eigenvalue weighted by molar-refractivity contribution is 0.374. The van der Waals surface area contributed by atoms with Crippen molar-refractivity contribution in [2.75, 3.05) is 13.2 Å². The fourth-order valence-corrected chi connectivity index (χ4v) is 2.11. The van der Waals surface area contributed by atoms with E-state index in [4.69, 9.17) is 0 Å². The maximum atomic E-state index is 11.9. The first-order chi connectivity index (χ1) is 6.40. The van der Waals surface area contributed by atoms with Crippen LogP contribution in [0.5, 0.6) is 0 Å². The average Bonchev–Trinajstić information content (AvgIpc) is 2.57. The van der Waals surface area contributed by atoms with E-state index in [2.05, 4.69) is 15.6 Å². The van der Waals surface area contributed by atoms with E-state index >= 15 is 0 Å². The Morgan fingerprint density at radius 3 is 2.38 bits per heavy atom. The normalized spacial score (nSPS) is 31.9. The molecule has 2 rings (SSSR count). The van der Waals surface area contributed by atoms with Crippen molar-refractivity contribution in [3.63, 3.8) is 0 Å². The van der Waals surface area contributed by atoms with E-state index in [1.165, 1.54) is 25.7 Å². The van der Waals surface area contributed by atoms with Crippen LogP contribution in [0.15, 0.2) is 4.99 Å². The van der Waals surface area contributed by atoms with Crippen LogP contribution in [0.25, 0.3) is 0 Å². The van der Waals surface area contributed by atoms with Crippen LogP contribution in [-0.4, -0.2) is 31.3 Å². The van der Waals surface area contributed by atoms with Gasteiger partial charge in [0.25, 0.3) is 0 Å². The first kappa shape index (κ1) is 8.78. The lowest BCUT2D eigenvalue weighted by atomic mass is 9.92. The van der Waals surface area contributed by atoms with Gasteiger partial charge in [-0.15, -0.1) is 0 Å². The SMILES string of the molecule is FCCN=C1NC2CCCCC2N1. The molecule has 0 aromatic heterocycles. The van der Waals surface area contributed by atoms with Crippen molar-refractivity contribution in [3.8, 4) is 0 Å². The third-order valence-corrected chi connectivity index (χ3v) is 2.76. The topological polar surface area (TPSA) is 36.4 Å². The highest BCUT2D eigenvalue weighted by Gasteiger charge is 2.31. The van der Waals surface area contributed by atoms with Gasteiger partial charge >= 0.3 is 0 Å². The molecule has 4 heteroatoms. The molecule has 13 heavy (non-hydrogen) atoms. The molecule has 0 aromatic rings. The van der Waals surface area contributed by atoms with E-state index in [1.54, 1.807) is 0 Å². The molecule has 0 aromatic carbocycles. The Hall–Kier alpha value is -0.800. The van der Waals surface area contributed by atoms with Crippen LogP contribution < -0.4 is 10.6 Å². The van der Waals surface area contributed by atoms with E-state index in [0.717, 1.165) is 5.96 Å². The standard InChI is InChI=1S/C9H16FN3/c10-5-6-11-9-12-7-3-1-2-4-8(7)13-9/h7-8H,1-6H2,(H2,11,12,13). The molecule has 2 unspecified atom stereocenters. The third kappa shape index (κ3) is 1.92. The number of hydrogen-bond donors (Lipinski definition) is 2. The van der Waals surface area contributed by atoms with Crippen molar-refractivity contribution in [2.45, 2.75) is 37.8 Å². The molecule has 74 valence electrons. The number of nitrogens with one attached hydrogen (secondary N) is 2. The minimum Gasteiger partial charge on any atom is -0.352 e. The van der Waals surface area contributed by atoms with Crippen molar-refractivity contribution in [2.24, 2.45) is 4.99 Å².